The first-order valence-corrected chi connectivity index (χ1v) is 7.63. The fraction of sp³-hybridized carbons (Fsp3) is 0.588. The number of aromatic hydroxyl groups is 1. The molecule has 2 N–H and O–H groups in total. The average molecular weight is 290 g/mol. The Morgan fingerprint density at radius 2 is 1.90 bits per heavy atom. The second-order valence-corrected chi connectivity index (χ2v) is 6.81. The van der Waals surface area contributed by atoms with Gasteiger partial charge in [-0.15, -0.1) is 0 Å². The van der Waals surface area contributed by atoms with E-state index in [4.69, 9.17) is 0 Å². The minimum Gasteiger partial charge on any atom is -0.507 e. The Labute approximate surface area is 127 Å². The number of phenolic OH excluding ortho intramolecular Hbond substituents is 1. The number of carbonyl (C=O) groups excluding carboxylic acids is 1. The van der Waals surface area contributed by atoms with Gasteiger partial charge in [-0.2, -0.15) is 0 Å². The number of carbonyl (C=O) groups is 1. The lowest BCUT2D eigenvalue weighted by Crippen LogP contribution is -2.50. The van der Waals surface area contributed by atoms with Crippen molar-refractivity contribution in [2.24, 2.45) is 0 Å². The van der Waals surface area contributed by atoms with Gasteiger partial charge in [0.1, 0.15) is 5.75 Å². The highest BCUT2D eigenvalue weighted by Gasteiger charge is 2.26. The molecule has 21 heavy (non-hydrogen) atoms. The number of piperazine rings is 1. The molecule has 116 valence electrons. The van der Waals surface area contributed by atoms with Crippen LogP contribution in [0.15, 0.2) is 18.2 Å². The van der Waals surface area contributed by atoms with E-state index in [1.54, 1.807) is 6.07 Å². The van der Waals surface area contributed by atoms with Crippen molar-refractivity contribution in [1.82, 2.24) is 10.2 Å². The fourth-order valence-corrected chi connectivity index (χ4v) is 2.66. The number of nitrogens with one attached hydrogen (secondary N) is 1. The summed E-state index contributed by atoms with van der Waals surface area (Å²) in [5.74, 6) is 0.0792. The van der Waals surface area contributed by atoms with E-state index in [9.17, 15) is 9.90 Å². The molecule has 1 atom stereocenters. The summed E-state index contributed by atoms with van der Waals surface area (Å²) in [7, 11) is 0. The van der Waals surface area contributed by atoms with Crippen LogP contribution in [0.2, 0.25) is 0 Å². The maximum Gasteiger partial charge on any atom is 0.183 e. The van der Waals surface area contributed by atoms with Crippen LogP contribution in [-0.4, -0.2) is 48.0 Å². The third-order valence-electron chi connectivity index (χ3n) is 4.21. The number of ketones is 1. The first kappa shape index (κ1) is 16.0. The number of phenols is 1. The van der Waals surface area contributed by atoms with Crippen molar-refractivity contribution in [3.63, 3.8) is 0 Å². The predicted molar refractivity (Wildman–Crippen MR) is 85.0 cm³/mol. The maximum absolute atomic E-state index is 12.7. The van der Waals surface area contributed by atoms with Crippen molar-refractivity contribution < 1.29 is 9.90 Å². The highest BCUT2D eigenvalue weighted by molar-refractivity contribution is 6.02. The lowest BCUT2D eigenvalue weighted by atomic mass is 9.85. The third-order valence-corrected chi connectivity index (χ3v) is 4.21. The summed E-state index contributed by atoms with van der Waals surface area (Å²) in [5.41, 5.74) is 1.46. The molecule has 1 fully saturated rings. The van der Waals surface area contributed by atoms with Gasteiger partial charge in [-0.25, -0.2) is 0 Å². The number of Topliss-reactive ketones (excluding diaryl/α,β-unsaturated/α-hetero) is 1. The summed E-state index contributed by atoms with van der Waals surface area (Å²) in [6.07, 6.45) is 0. The Morgan fingerprint density at radius 3 is 2.48 bits per heavy atom. The third kappa shape index (κ3) is 3.63. The van der Waals surface area contributed by atoms with E-state index in [2.05, 4.69) is 31.0 Å². The van der Waals surface area contributed by atoms with Gasteiger partial charge >= 0.3 is 0 Å². The van der Waals surface area contributed by atoms with Gasteiger partial charge < -0.3 is 10.4 Å². The average Bonchev–Trinajstić information content (AvgIpc) is 2.46. The van der Waals surface area contributed by atoms with Crippen molar-refractivity contribution in [1.29, 1.82) is 0 Å². The molecule has 1 heterocycles. The molecule has 1 aliphatic rings. The zero-order valence-electron chi connectivity index (χ0n) is 13.4. The van der Waals surface area contributed by atoms with E-state index in [-0.39, 0.29) is 23.0 Å². The Morgan fingerprint density at radius 1 is 1.29 bits per heavy atom. The normalized spacial score (nSPS) is 18.5. The molecule has 0 aromatic heterocycles. The Kier molecular flexibility index (Phi) is 4.69. The van der Waals surface area contributed by atoms with E-state index in [0.717, 1.165) is 31.7 Å². The molecule has 4 heteroatoms. The van der Waals surface area contributed by atoms with Gasteiger partial charge in [-0.05, 0) is 30.0 Å². The summed E-state index contributed by atoms with van der Waals surface area (Å²) in [5, 5.41) is 13.4. The van der Waals surface area contributed by atoms with E-state index < -0.39 is 0 Å². The van der Waals surface area contributed by atoms with Crippen LogP contribution in [0.5, 0.6) is 5.75 Å². The molecule has 0 radical (unpaired) electrons. The number of hydrogen-bond donors (Lipinski definition) is 2. The lowest BCUT2D eigenvalue weighted by Gasteiger charge is -2.32. The van der Waals surface area contributed by atoms with Crippen LogP contribution in [0.3, 0.4) is 0 Å². The largest absolute Gasteiger partial charge is 0.507 e. The molecule has 4 nitrogen and oxygen atoms in total. The molecule has 1 aliphatic heterocycles. The van der Waals surface area contributed by atoms with Crippen LogP contribution in [0.1, 0.15) is 43.6 Å². The number of rotatable bonds is 3. The zero-order chi connectivity index (χ0) is 15.6. The molecule has 2 rings (SSSR count). The van der Waals surface area contributed by atoms with Crippen LogP contribution in [-0.2, 0) is 5.41 Å². The topological polar surface area (TPSA) is 52.6 Å². The van der Waals surface area contributed by atoms with Crippen LogP contribution in [0.25, 0.3) is 0 Å². The SMILES string of the molecule is CC(C(=O)c1cc(C(C)(C)C)ccc1O)N1CCNCC1. The van der Waals surface area contributed by atoms with Gasteiger partial charge in [0.15, 0.2) is 5.78 Å². The molecule has 1 aromatic carbocycles. The van der Waals surface area contributed by atoms with Gasteiger partial charge in [0, 0.05) is 26.2 Å². The Balaban J connectivity index is 2.25. The van der Waals surface area contributed by atoms with Crippen LogP contribution < -0.4 is 5.32 Å². The van der Waals surface area contributed by atoms with Crippen molar-refractivity contribution >= 4 is 5.78 Å². The predicted octanol–water partition coefficient (Wildman–Crippen LogP) is 2.17. The number of hydrogen-bond acceptors (Lipinski definition) is 4. The Hall–Kier alpha value is -1.39. The molecule has 1 unspecified atom stereocenters. The van der Waals surface area contributed by atoms with Crippen molar-refractivity contribution in [2.45, 2.75) is 39.2 Å². The molecule has 1 saturated heterocycles. The summed E-state index contributed by atoms with van der Waals surface area (Å²) in [6.45, 7) is 11.8. The molecule has 0 bridgehead atoms. The maximum atomic E-state index is 12.7. The molecule has 1 aromatic rings. The van der Waals surface area contributed by atoms with Gasteiger partial charge in [0.05, 0.1) is 11.6 Å². The van der Waals surface area contributed by atoms with E-state index in [0.29, 0.717) is 5.56 Å². The smallest absolute Gasteiger partial charge is 0.183 e. The summed E-state index contributed by atoms with van der Waals surface area (Å²) >= 11 is 0. The second kappa shape index (κ2) is 6.16. The van der Waals surface area contributed by atoms with Gasteiger partial charge in [0.25, 0.3) is 0 Å². The molecule has 0 spiro atoms. The molecular formula is C17H26N2O2. The summed E-state index contributed by atoms with van der Waals surface area (Å²) < 4.78 is 0. The van der Waals surface area contributed by atoms with Crippen molar-refractivity contribution in [3.8, 4) is 5.75 Å². The molecule has 0 amide bonds. The number of benzene rings is 1. The molecule has 0 saturated carbocycles. The Bertz CT molecular complexity index is 514. The fourth-order valence-electron chi connectivity index (χ4n) is 2.66. The second-order valence-electron chi connectivity index (χ2n) is 6.81. The van der Waals surface area contributed by atoms with Gasteiger partial charge in [-0.1, -0.05) is 26.8 Å². The van der Waals surface area contributed by atoms with E-state index in [1.807, 2.05) is 19.1 Å². The van der Waals surface area contributed by atoms with Gasteiger partial charge in [-0.3, -0.25) is 9.69 Å². The zero-order valence-corrected chi connectivity index (χ0v) is 13.4. The standard InChI is InChI=1S/C17H26N2O2/c1-12(19-9-7-18-8-10-19)16(21)14-11-13(17(2,3)4)5-6-15(14)20/h5-6,11-12,18,20H,7-10H2,1-4H3. The summed E-state index contributed by atoms with van der Waals surface area (Å²) in [6, 6.07) is 5.17. The monoisotopic (exact) mass is 290 g/mol. The molecular weight excluding hydrogens is 264 g/mol. The first-order valence-electron chi connectivity index (χ1n) is 7.63. The van der Waals surface area contributed by atoms with Crippen LogP contribution in [0.4, 0.5) is 0 Å². The summed E-state index contributed by atoms with van der Waals surface area (Å²) in [4.78, 5) is 14.9. The van der Waals surface area contributed by atoms with Gasteiger partial charge in [0.2, 0.25) is 0 Å². The molecule has 0 aliphatic carbocycles. The van der Waals surface area contributed by atoms with E-state index >= 15 is 0 Å². The minimum absolute atomic E-state index is 0.000463. The van der Waals surface area contributed by atoms with Crippen molar-refractivity contribution in [3.05, 3.63) is 29.3 Å². The van der Waals surface area contributed by atoms with Crippen LogP contribution >= 0.6 is 0 Å². The highest BCUT2D eigenvalue weighted by atomic mass is 16.3. The highest BCUT2D eigenvalue weighted by Crippen LogP contribution is 2.28. The van der Waals surface area contributed by atoms with E-state index in [1.165, 1.54) is 0 Å². The van der Waals surface area contributed by atoms with Crippen LogP contribution in [0, 0.1) is 0 Å². The lowest BCUT2D eigenvalue weighted by molar-refractivity contribution is 0.0817. The van der Waals surface area contributed by atoms with Crippen molar-refractivity contribution in [2.75, 3.05) is 26.2 Å². The number of nitrogens with zero attached hydrogens (tertiary/aromatic N) is 1. The minimum atomic E-state index is -0.201. The quantitative estimate of drug-likeness (QED) is 0.838. The first-order chi connectivity index (χ1) is 9.80.